The van der Waals surface area contributed by atoms with Crippen LogP contribution in [0.1, 0.15) is 57.1 Å². The third-order valence-corrected chi connectivity index (χ3v) is 6.92. The molecule has 184 valence electrons. The van der Waals surface area contributed by atoms with Gasteiger partial charge in [0.1, 0.15) is 11.2 Å². The van der Waals surface area contributed by atoms with Crippen LogP contribution in [0.4, 0.5) is 0 Å². The van der Waals surface area contributed by atoms with Crippen LogP contribution in [0.15, 0.2) is 53.7 Å². The monoisotopic (exact) mass is 488 g/mol. The number of benzene rings is 1. The van der Waals surface area contributed by atoms with Gasteiger partial charge >= 0.3 is 5.97 Å². The first-order chi connectivity index (χ1) is 16.1. The number of nitrogens with two attached hydrogens (primary N) is 1. The van der Waals surface area contributed by atoms with Crippen LogP contribution in [0, 0.1) is 5.41 Å². The molecular formula is C24H32N4O5S. The van der Waals surface area contributed by atoms with Crippen molar-refractivity contribution in [2.75, 3.05) is 0 Å². The van der Waals surface area contributed by atoms with Crippen LogP contribution < -0.4 is 11.1 Å². The average Bonchev–Trinajstić information content (AvgIpc) is 2.79. The topological polar surface area (TPSA) is 152 Å². The molecule has 1 unspecified atom stereocenters. The zero-order valence-electron chi connectivity index (χ0n) is 19.5. The smallest absolute Gasteiger partial charge is 0.306 e. The van der Waals surface area contributed by atoms with Crippen LogP contribution in [0.5, 0.6) is 0 Å². The highest BCUT2D eigenvalue weighted by atomic mass is 32.2. The van der Waals surface area contributed by atoms with Gasteiger partial charge in [0.25, 0.3) is 0 Å². The molecule has 10 heteroatoms. The molecule has 1 aromatic heterocycles. The number of amides is 1. The van der Waals surface area contributed by atoms with E-state index >= 15 is 0 Å². The normalized spacial score (nSPS) is 12.2. The maximum atomic E-state index is 13.0. The number of nitrogens with zero attached hydrogens (tertiary/aromatic N) is 1. The van der Waals surface area contributed by atoms with Crippen LogP contribution >= 0.6 is 0 Å². The first-order valence-electron chi connectivity index (χ1n) is 11.2. The molecule has 0 aliphatic heterocycles. The van der Waals surface area contributed by atoms with Crippen LogP contribution in [-0.2, 0) is 30.6 Å². The molecule has 0 aliphatic carbocycles. The Labute approximate surface area is 200 Å². The Hall–Kier alpha value is -3.27. The van der Waals surface area contributed by atoms with E-state index in [2.05, 4.69) is 10.3 Å². The number of hydrogen-bond acceptors (Lipinski definition) is 7. The first-order valence-corrected chi connectivity index (χ1v) is 12.7. The van der Waals surface area contributed by atoms with Crippen LogP contribution in [0.3, 0.4) is 0 Å². The number of ether oxygens (including phenoxy) is 1. The summed E-state index contributed by atoms with van der Waals surface area (Å²) >= 11 is 0. The van der Waals surface area contributed by atoms with Crippen molar-refractivity contribution in [3.05, 3.63) is 59.8 Å². The van der Waals surface area contributed by atoms with Crippen molar-refractivity contribution in [2.45, 2.75) is 68.9 Å². The zero-order chi connectivity index (χ0) is 25.1. The van der Waals surface area contributed by atoms with Crippen molar-refractivity contribution in [1.29, 1.82) is 5.41 Å². The van der Waals surface area contributed by atoms with Gasteiger partial charge in [-0.1, -0.05) is 30.3 Å². The van der Waals surface area contributed by atoms with Crippen LogP contribution in [-0.4, -0.2) is 42.6 Å². The number of esters is 1. The minimum absolute atomic E-state index is 0.0101. The third-order valence-electron chi connectivity index (χ3n) is 4.99. The number of amidine groups is 1. The van der Waals surface area contributed by atoms with Gasteiger partial charge in [-0.2, -0.15) is 0 Å². The number of carbonyl (C=O) groups is 2. The summed E-state index contributed by atoms with van der Waals surface area (Å²) in [5.74, 6) is -0.925. The molecule has 4 N–H and O–H groups in total. The number of nitrogens with one attached hydrogen (secondary N) is 2. The molecule has 2 rings (SSSR count). The van der Waals surface area contributed by atoms with E-state index in [9.17, 15) is 18.0 Å². The Balaban J connectivity index is 1.94. The largest absolute Gasteiger partial charge is 0.463 e. The van der Waals surface area contributed by atoms with Crippen molar-refractivity contribution < 1.29 is 22.7 Å². The predicted molar refractivity (Wildman–Crippen MR) is 129 cm³/mol. The summed E-state index contributed by atoms with van der Waals surface area (Å²) in [7, 11) is -3.98. The summed E-state index contributed by atoms with van der Waals surface area (Å²) < 4.78 is 31.2. The standard InChI is InChI=1S/C24H32N4O5S/c1-17(2)33-23(30)15-14-22(34(31,32)21-9-5-6-16-27-21)28-20(29)8-4-3-7-18-10-12-19(13-11-18)24(25)26/h5-6,9-13,16-17,22H,3-4,7-8,14-15H2,1-2H3,(H3,25,26)(H,28,29). The second kappa shape index (κ2) is 12.8. The Kier molecular flexibility index (Phi) is 10.2. The molecule has 0 fully saturated rings. The van der Waals surface area contributed by atoms with Crippen LogP contribution in [0.2, 0.25) is 0 Å². The number of unbranched alkanes of at least 4 members (excludes halogenated alkanes) is 1. The van der Waals surface area contributed by atoms with Crippen LogP contribution in [0.25, 0.3) is 0 Å². The van der Waals surface area contributed by atoms with Gasteiger partial charge in [-0.25, -0.2) is 13.4 Å². The fourth-order valence-corrected chi connectivity index (χ4v) is 4.74. The predicted octanol–water partition coefficient (Wildman–Crippen LogP) is 2.73. The summed E-state index contributed by atoms with van der Waals surface area (Å²) in [6.07, 6.45) is 2.97. The highest BCUT2D eigenvalue weighted by molar-refractivity contribution is 7.92. The van der Waals surface area contributed by atoms with Gasteiger partial charge in [0.05, 0.1) is 6.10 Å². The van der Waals surface area contributed by atoms with E-state index < -0.39 is 27.1 Å². The number of sulfone groups is 1. The van der Waals surface area contributed by atoms with Crippen molar-refractivity contribution in [1.82, 2.24) is 10.3 Å². The zero-order valence-corrected chi connectivity index (χ0v) is 20.3. The fraction of sp³-hybridized carbons (Fsp3) is 0.417. The van der Waals surface area contributed by atoms with Gasteiger partial charge in [-0.05, 0) is 57.2 Å². The van der Waals surface area contributed by atoms with E-state index in [1.54, 1.807) is 38.1 Å². The lowest BCUT2D eigenvalue weighted by Gasteiger charge is -2.19. The number of aryl methyl sites for hydroxylation is 1. The number of aromatic nitrogens is 1. The first kappa shape index (κ1) is 27.0. The summed E-state index contributed by atoms with van der Waals surface area (Å²) in [4.78, 5) is 28.4. The third kappa shape index (κ3) is 8.58. The minimum Gasteiger partial charge on any atom is -0.463 e. The molecule has 0 saturated heterocycles. The molecule has 0 radical (unpaired) electrons. The van der Waals surface area contributed by atoms with E-state index in [-0.39, 0.29) is 36.2 Å². The molecule has 9 nitrogen and oxygen atoms in total. The van der Waals surface area contributed by atoms with Gasteiger partial charge in [-0.3, -0.25) is 15.0 Å². The molecule has 2 aromatic rings. The Morgan fingerprint density at radius 3 is 2.38 bits per heavy atom. The second-order valence-corrected chi connectivity index (χ2v) is 10.2. The molecule has 1 aromatic carbocycles. The van der Waals surface area contributed by atoms with Crippen molar-refractivity contribution >= 4 is 27.5 Å². The lowest BCUT2D eigenvalue weighted by atomic mass is 10.0. The lowest BCUT2D eigenvalue weighted by molar-refractivity contribution is -0.147. The average molecular weight is 489 g/mol. The summed E-state index contributed by atoms with van der Waals surface area (Å²) in [6, 6.07) is 11.8. The highest BCUT2D eigenvalue weighted by Gasteiger charge is 2.30. The number of nitrogen functional groups attached to an aromatic ring is 1. The van der Waals surface area contributed by atoms with E-state index in [1.165, 1.54) is 12.3 Å². The van der Waals surface area contributed by atoms with Gasteiger partial charge in [0.2, 0.25) is 15.7 Å². The highest BCUT2D eigenvalue weighted by Crippen LogP contribution is 2.17. The molecule has 1 amide bonds. The molecule has 0 spiro atoms. The van der Waals surface area contributed by atoms with Gasteiger partial charge in [0, 0.05) is 24.6 Å². The van der Waals surface area contributed by atoms with Gasteiger partial charge < -0.3 is 15.8 Å². The minimum atomic E-state index is -3.98. The Bertz CT molecular complexity index is 1070. The molecule has 0 aliphatic rings. The molecule has 1 heterocycles. The molecule has 1 atom stereocenters. The summed E-state index contributed by atoms with van der Waals surface area (Å²) in [5.41, 5.74) is 7.16. The van der Waals surface area contributed by atoms with Crippen molar-refractivity contribution in [3.8, 4) is 0 Å². The lowest BCUT2D eigenvalue weighted by Crippen LogP contribution is -2.41. The maximum absolute atomic E-state index is 13.0. The molecule has 34 heavy (non-hydrogen) atoms. The SMILES string of the molecule is CC(C)OC(=O)CCC(NC(=O)CCCCc1ccc(C(=N)N)cc1)S(=O)(=O)c1ccccn1. The fourth-order valence-electron chi connectivity index (χ4n) is 3.25. The number of rotatable bonds is 13. The van der Waals surface area contributed by atoms with E-state index in [4.69, 9.17) is 15.9 Å². The second-order valence-electron chi connectivity index (χ2n) is 8.16. The molecule has 0 saturated carbocycles. The maximum Gasteiger partial charge on any atom is 0.306 e. The van der Waals surface area contributed by atoms with E-state index in [0.29, 0.717) is 12.0 Å². The van der Waals surface area contributed by atoms with Crippen molar-refractivity contribution in [2.24, 2.45) is 5.73 Å². The van der Waals surface area contributed by atoms with Gasteiger partial charge in [0.15, 0.2) is 5.03 Å². The molecule has 0 bridgehead atoms. The van der Waals surface area contributed by atoms with E-state index in [1.807, 2.05) is 12.1 Å². The summed E-state index contributed by atoms with van der Waals surface area (Å²) in [6.45, 7) is 3.42. The Morgan fingerprint density at radius 2 is 1.79 bits per heavy atom. The van der Waals surface area contributed by atoms with E-state index in [0.717, 1.165) is 18.4 Å². The molecular weight excluding hydrogens is 456 g/mol. The quantitative estimate of drug-likeness (QED) is 0.170. The summed E-state index contributed by atoms with van der Waals surface area (Å²) in [5, 5.41) is 8.55. The Morgan fingerprint density at radius 1 is 1.09 bits per heavy atom. The number of pyridine rings is 1. The number of carbonyl (C=O) groups excluding carboxylic acids is 2. The van der Waals surface area contributed by atoms with Gasteiger partial charge in [-0.15, -0.1) is 0 Å². The number of hydrogen-bond donors (Lipinski definition) is 3. The van der Waals surface area contributed by atoms with Crippen molar-refractivity contribution in [3.63, 3.8) is 0 Å².